The molecule has 0 radical (unpaired) electrons. The molecule has 146 valence electrons. The summed E-state index contributed by atoms with van der Waals surface area (Å²) in [6.45, 7) is 5.69. The molecule has 1 aromatic heterocycles. The van der Waals surface area contributed by atoms with E-state index in [1.807, 2.05) is 45.0 Å². The summed E-state index contributed by atoms with van der Waals surface area (Å²) in [6, 6.07) is 12.3. The number of carbonyl (C=O) groups is 1. The Kier molecular flexibility index (Phi) is 5.60. The number of benzene rings is 2. The van der Waals surface area contributed by atoms with E-state index < -0.39 is 15.9 Å². The maximum absolute atomic E-state index is 12.4. The molecule has 1 N–H and O–H groups in total. The van der Waals surface area contributed by atoms with Gasteiger partial charge in [0.25, 0.3) is 10.0 Å². The lowest BCUT2D eigenvalue weighted by Crippen LogP contribution is -2.30. The summed E-state index contributed by atoms with van der Waals surface area (Å²) in [5.74, 6) is 0.000720. The Balaban J connectivity index is 1.61. The number of rotatable bonds is 6. The van der Waals surface area contributed by atoms with Crippen LogP contribution < -0.4 is 4.72 Å². The van der Waals surface area contributed by atoms with Crippen molar-refractivity contribution in [3.8, 4) is 11.5 Å². The molecule has 8 heteroatoms. The molecule has 28 heavy (non-hydrogen) atoms. The number of aryl methyl sites for hydroxylation is 4. The Bertz CT molecular complexity index is 1100. The fraction of sp³-hybridized carbons (Fsp3) is 0.250. The molecule has 0 fully saturated rings. The van der Waals surface area contributed by atoms with Crippen molar-refractivity contribution in [2.45, 2.75) is 38.5 Å². The Labute approximate surface area is 163 Å². The van der Waals surface area contributed by atoms with Gasteiger partial charge < -0.3 is 4.42 Å². The van der Waals surface area contributed by atoms with Crippen LogP contribution in [0, 0.1) is 20.8 Å². The van der Waals surface area contributed by atoms with Crippen LogP contribution >= 0.6 is 0 Å². The standard InChI is InChI=1S/C20H21N3O4S/c1-13-4-7-16(8-5-13)20-22-21-19(27-20)11-10-18(24)23-28(25,26)17-9-6-14(2)15(3)12-17/h4-9,12H,10-11H2,1-3H3,(H,23,24). The molecular weight excluding hydrogens is 378 g/mol. The summed E-state index contributed by atoms with van der Waals surface area (Å²) >= 11 is 0. The van der Waals surface area contributed by atoms with E-state index in [1.165, 1.54) is 12.1 Å². The van der Waals surface area contributed by atoms with Gasteiger partial charge >= 0.3 is 0 Å². The molecule has 0 bridgehead atoms. The van der Waals surface area contributed by atoms with E-state index in [0.29, 0.717) is 5.89 Å². The van der Waals surface area contributed by atoms with E-state index in [9.17, 15) is 13.2 Å². The van der Waals surface area contributed by atoms with Crippen LogP contribution in [0.15, 0.2) is 51.8 Å². The number of hydrogen-bond acceptors (Lipinski definition) is 6. The zero-order valence-corrected chi connectivity index (χ0v) is 16.7. The first-order valence-electron chi connectivity index (χ1n) is 8.77. The Morgan fingerprint density at radius 1 is 1.00 bits per heavy atom. The summed E-state index contributed by atoms with van der Waals surface area (Å²) in [4.78, 5) is 12.2. The van der Waals surface area contributed by atoms with Crippen molar-refractivity contribution < 1.29 is 17.6 Å². The molecule has 0 spiro atoms. The van der Waals surface area contributed by atoms with E-state index >= 15 is 0 Å². The summed E-state index contributed by atoms with van der Waals surface area (Å²) in [7, 11) is -3.91. The normalized spacial score (nSPS) is 11.4. The number of nitrogens with one attached hydrogen (secondary N) is 1. The highest BCUT2D eigenvalue weighted by Crippen LogP contribution is 2.19. The third kappa shape index (κ3) is 4.64. The molecule has 3 rings (SSSR count). The minimum Gasteiger partial charge on any atom is -0.421 e. The second-order valence-corrected chi connectivity index (χ2v) is 8.32. The van der Waals surface area contributed by atoms with Crippen molar-refractivity contribution in [1.82, 2.24) is 14.9 Å². The number of carbonyl (C=O) groups excluding carboxylic acids is 1. The van der Waals surface area contributed by atoms with Crippen molar-refractivity contribution in [2.75, 3.05) is 0 Å². The molecule has 3 aromatic rings. The average molecular weight is 399 g/mol. The molecular formula is C20H21N3O4S. The number of amides is 1. The average Bonchev–Trinajstić information content (AvgIpc) is 3.11. The monoisotopic (exact) mass is 399 g/mol. The molecule has 7 nitrogen and oxygen atoms in total. The topological polar surface area (TPSA) is 102 Å². The predicted molar refractivity (Wildman–Crippen MR) is 104 cm³/mol. The summed E-state index contributed by atoms with van der Waals surface area (Å²) < 4.78 is 32.3. The first-order valence-corrected chi connectivity index (χ1v) is 10.3. The Morgan fingerprint density at radius 3 is 2.39 bits per heavy atom. The third-order valence-corrected chi connectivity index (χ3v) is 5.74. The maximum Gasteiger partial charge on any atom is 0.264 e. The maximum atomic E-state index is 12.4. The van der Waals surface area contributed by atoms with Gasteiger partial charge in [-0.25, -0.2) is 13.1 Å². The van der Waals surface area contributed by atoms with Crippen LogP contribution in [-0.2, 0) is 21.2 Å². The smallest absolute Gasteiger partial charge is 0.264 e. The van der Waals surface area contributed by atoms with Crippen LogP contribution in [-0.4, -0.2) is 24.5 Å². The van der Waals surface area contributed by atoms with E-state index in [-0.39, 0.29) is 23.6 Å². The fourth-order valence-electron chi connectivity index (χ4n) is 2.53. The zero-order chi connectivity index (χ0) is 20.3. The number of sulfonamides is 1. The first-order chi connectivity index (χ1) is 13.2. The van der Waals surface area contributed by atoms with E-state index in [0.717, 1.165) is 22.3 Å². The van der Waals surface area contributed by atoms with Crippen molar-refractivity contribution >= 4 is 15.9 Å². The van der Waals surface area contributed by atoms with Gasteiger partial charge in [-0.1, -0.05) is 23.8 Å². The predicted octanol–water partition coefficient (Wildman–Crippen LogP) is 3.10. The van der Waals surface area contributed by atoms with Crippen LogP contribution in [0.3, 0.4) is 0 Å². The molecule has 2 aromatic carbocycles. The minimum atomic E-state index is -3.91. The Morgan fingerprint density at radius 2 is 1.71 bits per heavy atom. The lowest BCUT2D eigenvalue weighted by molar-refractivity contribution is -0.119. The molecule has 0 aliphatic heterocycles. The largest absolute Gasteiger partial charge is 0.421 e. The van der Waals surface area contributed by atoms with Crippen molar-refractivity contribution in [2.24, 2.45) is 0 Å². The molecule has 0 unspecified atom stereocenters. The molecule has 0 saturated heterocycles. The van der Waals surface area contributed by atoms with Gasteiger partial charge in [0.1, 0.15) is 0 Å². The van der Waals surface area contributed by atoms with E-state index in [2.05, 4.69) is 14.9 Å². The molecule has 0 aliphatic carbocycles. The van der Waals surface area contributed by atoms with Crippen LogP contribution in [0.4, 0.5) is 0 Å². The molecule has 0 aliphatic rings. The van der Waals surface area contributed by atoms with Crippen molar-refractivity contribution in [1.29, 1.82) is 0 Å². The summed E-state index contributed by atoms with van der Waals surface area (Å²) in [6.07, 6.45) is 0.0622. The Hall–Kier alpha value is -3.00. The number of aromatic nitrogens is 2. The number of nitrogens with zero attached hydrogens (tertiary/aromatic N) is 2. The van der Waals surface area contributed by atoms with E-state index in [4.69, 9.17) is 4.42 Å². The fourth-order valence-corrected chi connectivity index (χ4v) is 3.63. The second kappa shape index (κ2) is 7.93. The first kappa shape index (κ1) is 19.8. The van der Waals surface area contributed by atoms with Gasteiger partial charge in [-0.15, -0.1) is 10.2 Å². The van der Waals surface area contributed by atoms with Crippen LogP contribution in [0.1, 0.15) is 29.0 Å². The van der Waals surface area contributed by atoms with Crippen LogP contribution in [0.25, 0.3) is 11.5 Å². The highest BCUT2D eigenvalue weighted by molar-refractivity contribution is 7.90. The van der Waals surface area contributed by atoms with Gasteiger partial charge in [0, 0.05) is 18.4 Å². The van der Waals surface area contributed by atoms with Crippen molar-refractivity contribution in [3.05, 3.63) is 65.0 Å². The van der Waals surface area contributed by atoms with Gasteiger partial charge in [-0.3, -0.25) is 4.79 Å². The SMILES string of the molecule is Cc1ccc(-c2nnc(CCC(=O)NS(=O)(=O)c3ccc(C)c(C)c3)o2)cc1. The molecule has 1 heterocycles. The quantitative estimate of drug-likeness (QED) is 0.683. The van der Waals surface area contributed by atoms with Crippen molar-refractivity contribution in [3.63, 3.8) is 0 Å². The van der Waals surface area contributed by atoms with Gasteiger partial charge in [-0.2, -0.15) is 0 Å². The van der Waals surface area contributed by atoms with Gasteiger partial charge in [0.2, 0.25) is 17.7 Å². The van der Waals surface area contributed by atoms with E-state index in [1.54, 1.807) is 6.07 Å². The second-order valence-electron chi connectivity index (χ2n) is 6.64. The molecule has 1 amide bonds. The van der Waals surface area contributed by atoms with Gasteiger partial charge in [-0.05, 0) is 56.2 Å². The lowest BCUT2D eigenvalue weighted by Gasteiger charge is -2.08. The highest BCUT2D eigenvalue weighted by atomic mass is 32.2. The van der Waals surface area contributed by atoms with Crippen LogP contribution in [0.5, 0.6) is 0 Å². The van der Waals surface area contributed by atoms with Gasteiger partial charge in [0.15, 0.2) is 0 Å². The van der Waals surface area contributed by atoms with Crippen LogP contribution in [0.2, 0.25) is 0 Å². The summed E-state index contributed by atoms with van der Waals surface area (Å²) in [5, 5.41) is 7.88. The lowest BCUT2D eigenvalue weighted by atomic mass is 10.1. The summed E-state index contributed by atoms with van der Waals surface area (Å²) in [5.41, 5.74) is 3.71. The third-order valence-electron chi connectivity index (χ3n) is 4.37. The molecule has 0 atom stereocenters. The molecule has 0 saturated carbocycles. The minimum absolute atomic E-state index is 0.0587. The van der Waals surface area contributed by atoms with Gasteiger partial charge in [0.05, 0.1) is 4.90 Å². The highest BCUT2D eigenvalue weighted by Gasteiger charge is 2.19. The number of hydrogen-bond donors (Lipinski definition) is 1. The zero-order valence-electron chi connectivity index (χ0n) is 15.9.